The van der Waals surface area contributed by atoms with E-state index in [0.29, 0.717) is 17.7 Å². The Kier molecular flexibility index (Phi) is 4.33. The Bertz CT molecular complexity index is 654. The summed E-state index contributed by atoms with van der Waals surface area (Å²) in [6.45, 7) is 0.347. The molecule has 1 amide bonds. The molecule has 0 aliphatic rings. The van der Waals surface area contributed by atoms with Crippen LogP contribution in [0, 0.1) is 0 Å². The maximum Gasteiger partial charge on any atom is 0.253 e. The number of phenolic OH excluding ortho intramolecular Hbond substituents is 2. The molecule has 0 aromatic heterocycles. The topological polar surface area (TPSA) is 72.8 Å². The zero-order chi connectivity index (χ0) is 15.4. The van der Waals surface area contributed by atoms with Crippen molar-refractivity contribution in [2.75, 3.05) is 19.4 Å². The van der Waals surface area contributed by atoms with Crippen molar-refractivity contribution in [3.63, 3.8) is 0 Å². The number of carbonyl (C=O) groups excluding carboxylic acids is 1. The third-order valence-electron chi connectivity index (χ3n) is 3.10. The van der Waals surface area contributed by atoms with Gasteiger partial charge in [-0.25, -0.2) is 0 Å². The average Bonchev–Trinajstić information content (AvgIpc) is 2.48. The van der Waals surface area contributed by atoms with Gasteiger partial charge >= 0.3 is 0 Å². The largest absolute Gasteiger partial charge is 0.504 e. The van der Waals surface area contributed by atoms with E-state index in [9.17, 15) is 15.0 Å². The maximum atomic E-state index is 11.9. The van der Waals surface area contributed by atoms with E-state index in [1.165, 1.54) is 11.0 Å². The van der Waals surface area contributed by atoms with E-state index in [0.717, 1.165) is 5.69 Å². The number of amides is 1. The first kappa shape index (κ1) is 14.7. The van der Waals surface area contributed by atoms with Gasteiger partial charge in [0.1, 0.15) is 0 Å². The summed E-state index contributed by atoms with van der Waals surface area (Å²) < 4.78 is 0. The first-order valence-corrected chi connectivity index (χ1v) is 6.54. The number of phenols is 2. The third-order valence-corrected chi connectivity index (χ3v) is 3.10. The van der Waals surface area contributed by atoms with E-state index in [4.69, 9.17) is 0 Å². The van der Waals surface area contributed by atoms with E-state index in [1.54, 1.807) is 44.4 Å². The second-order valence-corrected chi connectivity index (χ2v) is 4.92. The maximum absolute atomic E-state index is 11.9. The van der Waals surface area contributed by atoms with Crippen LogP contribution in [-0.2, 0) is 6.54 Å². The fourth-order valence-corrected chi connectivity index (χ4v) is 1.94. The predicted molar refractivity (Wildman–Crippen MR) is 81.6 cm³/mol. The Morgan fingerprint density at radius 2 is 1.86 bits per heavy atom. The number of rotatable bonds is 4. The highest BCUT2D eigenvalue weighted by molar-refractivity contribution is 5.94. The fraction of sp³-hybridized carbons (Fsp3) is 0.188. The normalized spacial score (nSPS) is 10.2. The number of nitrogens with one attached hydrogen (secondary N) is 1. The number of hydrogen-bond donors (Lipinski definition) is 3. The van der Waals surface area contributed by atoms with E-state index in [-0.39, 0.29) is 17.4 Å². The van der Waals surface area contributed by atoms with Crippen LogP contribution in [0.1, 0.15) is 15.9 Å². The van der Waals surface area contributed by atoms with Crippen molar-refractivity contribution in [1.82, 2.24) is 4.90 Å². The number of hydrogen-bond acceptors (Lipinski definition) is 4. The van der Waals surface area contributed by atoms with Crippen LogP contribution in [0.2, 0.25) is 0 Å². The molecule has 0 aliphatic heterocycles. The van der Waals surface area contributed by atoms with Crippen molar-refractivity contribution in [3.05, 3.63) is 53.6 Å². The third kappa shape index (κ3) is 3.45. The minimum Gasteiger partial charge on any atom is -0.504 e. The van der Waals surface area contributed by atoms with Crippen LogP contribution in [-0.4, -0.2) is 35.1 Å². The number of aromatic hydroxyl groups is 2. The molecule has 21 heavy (non-hydrogen) atoms. The molecule has 2 rings (SSSR count). The SMILES string of the molecule is CN(C)C(=O)c1cccc(NCc2cccc(O)c2O)c1. The molecule has 0 unspecified atom stereocenters. The van der Waals surface area contributed by atoms with Crippen LogP contribution in [0.15, 0.2) is 42.5 Å². The summed E-state index contributed by atoms with van der Waals surface area (Å²) in [6, 6.07) is 11.9. The molecule has 0 saturated carbocycles. The summed E-state index contributed by atoms with van der Waals surface area (Å²) >= 11 is 0. The van der Waals surface area contributed by atoms with Gasteiger partial charge in [0.2, 0.25) is 0 Å². The summed E-state index contributed by atoms with van der Waals surface area (Å²) in [5.74, 6) is -0.352. The van der Waals surface area contributed by atoms with Gasteiger partial charge in [-0.2, -0.15) is 0 Å². The van der Waals surface area contributed by atoms with Crippen molar-refractivity contribution in [2.24, 2.45) is 0 Å². The number of para-hydroxylation sites is 1. The van der Waals surface area contributed by atoms with Gasteiger partial charge in [-0.15, -0.1) is 0 Å². The zero-order valence-corrected chi connectivity index (χ0v) is 12.0. The molecule has 0 saturated heterocycles. The Morgan fingerprint density at radius 1 is 1.14 bits per heavy atom. The average molecular weight is 286 g/mol. The van der Waals surface area contributed by atoms with Gasteiger partial charge in [0.15, 0.2) is 11.5 Å². The smallest absolute Gasteiger partial charge is 0.253 e. The molecule has 0 atom stereocenters. The van der Waals surface area contributed by atoms with Gasteiger partial charge in [-0.05, 0) is 24.3 Å². The quantitative estimate of drug-likeness (QED) is 0.755. The van der Waals surface area contributed by atoms with E-state index in [1.807, 2.05) is 6.07 Å². The molecule has 0 fully saturated rings. The lowest BCUT2D eigenvalue weighted by Crippen LogP contribution is -2.21. The van der Waals surface area contributed by atoms with Crippen LogP contribution in [0.25, 0.3) is 0 Å². The highest BCUT2D eigenvalue weighted by Gasteiger charge is 2.09. The Morgan fingerprint density at radius 3 is 2.57 bits per heavy atom. The lowest BCUT2D eigenvalue weighted by molar-refractivity contribution is 0.0827. The number of anilines is 1. The molecular weight excluding hydrogens is 268 g/mol. The van der Waals surface area contributed by atoms with Crippen LogP contribution in [0.4, 0.5) is 5.69 Å². The molecule has 0 spiro atoms. The monoisotopic (exact) mass is 286 g/mol. The Balaban J connectivity index is 2.12. The summed E-state index contributed by atoms with van der Waals surface area (Å²) in [4.78, 5) is 13.4. The van der Waals surface area contributed by atoms with Crippen LogP contribution < -0.4 is 5.32 Å². The second-order valence-electron chi connectivity index (χ2n) is 4.92. The summed E-state index contributed by atoms with van der Waals surface area (Å²) in [5, 5.41) is 22.3. The van der Waals surface area contributed by atoms with Crippen LogP contribution in [0.5, 0.6) is 11.5 Å². The standard InChI is InChI=1S/C16H18N2O3/c1-18(2)16(21)11-5-3-7-13(9-11)17-10-12-6-4-8-14(19)15(12)20/h3-9,17,19-20H,10H2,1-2H3. The van der Waals surface area contributed by atoms with Gasteiger partial charge in [0.05, 0.1) is 0 Å². The molecule has 0 radical (unpaired) electrons. The lowest BCUT2D eigenvalue weighted by atomic mass is 10.1. The van der Waals surface area contributed by atoms with Crippen molar-refractivity contribution in [2.45, 2.75) is 6.54 Å². The highest BCUT2D eigenvalue weighted by Crippen LogP contribution is 2.28. The number of carbonyl (C=O) groups is 1. The molecule has 2 aromatic carbocycles. The molecule has 3 N–H and O–H groups in total. The van der Waals surface area contributed by atoms with E-state index in [2.05, 4.69) is 5.32 Å². The minimum atomic E-state index is -0.147. The first-order chi connectivity index (χ1) is 9.99. The predicted octanol–water partition coefficient (Wildman–Crippen LogP) is 2.41. The minimum absolute atomic E-state index is 0.0705. The van der Waals surface area contributed by atoms with Gasteiger partial charge in [0, 0.05) is 37.5 Å². The fourth-order valence-electron chi connectivity index (χ4n) is 1.94. The van der Waals surface area contributed by atoms with Gasteiger partial charge in [0.25, 0.3) is 5.91 Å². The van der Waals surface area contributed by atoms with Gasteiger partial charge in [-0.3, -0.25) is 4.79 Å². The molecule has 110 valence electrons. The summed E-state index contributed by atoms with van der Waals surface area (Å²) in [6.07, 6.45) is 0. The van der Waals surface area contributed by atoms with Gasteiger partial charge in [-0.1, -0.05) is 18.2 Å². The summed E-state index contributed by atoms with van der Waals surface area (Å²) in [7, 11) is 3.40. The molecular formula is C16H18N2O3. The molecule has 5 heteroatoms. The number of benzene rings is 2. The molecule has 0 aliphatic carbocycles. The first-order valence-electron chi connectivity index (χ1n) is 6.54. The van der Waals surface area contributed by atoms with Crippen molar-refractivity contribution < 1.29 is 15.0 Å². The van der Waals surface area contributed by atoms with Crippen molar-refractivity contribution in [3.8, 4) is 11.5 Å². The molecule has 2 aromatic rings. The van der Waals surface area contributed by atoms with Crippen LogP contribution in [0.3, 0.4) is 0 Å². The lowest BCUT2D eigenvalue weighted by Gasteiger charge is -2.12. The summed E-state index contributed by atoms with van der Waals surface area (Å²) in [5.41, 5.74) is 1.94. The molecule has 0 bridgehead atoms. The molecule has 5 nitrogen and oxygen atoms in total. The van der Waals surface area contributed by atoms with E-state index < -0.39 is 0 Å². The van der Waals surface area contributed by atoms with Crippen LogP contribution >= 0.6 is 0 Å². The zero-order valence-electron chi connectivity index (χ0n) is 12.0. The second kappa shape index (κ2) is 6.17. The van der Waals surface area contributed by atoms with Crippen molar-refractivity contribution in [1.29, 1.82) is 0 Å². The molecule has 0 heterocycles. The van der Waals surface area contributed by atoms with Crippen molar-refractivity contribution >= 4 is 11.6 Å². The van der Waals surface area contributed by atoms with Gasteiger partial charge < -0.3 is 20.4 Å². The Hall–Kier alpha value is -2.69. The Labute approximate surface area is 123 Å². The highest BCUT2D eigenvalue weighted by atomic mass is 16.3. The van der Waals surface area contributed by atoms with E-state index >= 15 is 0 Å². The number of nitrogens with zero attached hydrogens (tertiary/aromatic N) is 1.